The molecule has 0 spiro atoms. The highest BCUT2D eigenvalue weighted by atomic mass is 16.3. The molecule has 3 heteroatoms. The zero-order valence-electron chi connectivity index (χ0n) is 8.82. The molecule has 0 heterocycles. The quantitative estimate of drug-likeness (QED) is 0.660. The van der Waals surface area contributed by atoms with Crippen molar-refractivity contribution in [1.29, 1.82) is 0 Å². The summed E-state index contributed by atoms with van der Waals surface area (Å²) in [5, 5.41) is 12.6. The summed E-state index contributed by atoms with van der Waals surface area (Å²) in [5.74, 6) is 1.03. The number of phenols is 1. The predicted molar refractivity (Wildman–Crippen MR) is 61.9 cm³/mol. The maximum atomic E-state index is 9.16. The lowest BCUT2D eigenvalue weighted by Crippen LogP contribution is -2.39. The van der Waals surface area contributed by atoms with Gasteiger partial charge in [-0.05, 0) is 43.0 Å². The summed E-state index contributed by atoms with van der Waals surface area (Å²) in [4.78, 5) is 0. The van der Waals surface area contributed by atoms with Crippen LogP contribution in [0.3, 0.4) is 0 Å². The van der Waals surface area contributed by atoms with Crippen LogP contribution >= 0.6 is 0 Å². The number of nitrogens with one attached hydrogen (secondary N) is 1. The van der Waals surface area contributed by atoms with Gasteiger partial charge in [-0.3, -0.25) is 0 Å². The summed E-state index contributed by atoms with van der Waals surface area (Å²) in [7, 11) is 0. The van der Waals surface area contributed by atoms with Gasteiger partial charge in [-0.2, -0.15) is 0 Å². The van der Waals surface area contributed by atoms with Gasteiger partial charge < -0.3 is 16.2 Å². The molecule has 3 nitrogen and oxygen atoms in total. The SMILES string of the molecule is NCC(Nc1ccc(O)cc1)C1CCC1. The molecule has 1 aromatic carbocycles. The fraction of sp³-hybridized carbons (Fsp3) is 0.500. The van der Waals surface area contributed by atoms with E-state index in [1.807, 2.05) is 12.1 Å². The van der Waals surface area contributed by atoms with Crippen LogP contribution < -0.4 is 11.1 Å². The summed E-state index contributed by atoms with van der Waals surface area (Å²) in [5.41, 5.74) is 6.79. The van der Waals surface area contributed by atoms with E-state index in [2.05, 4.69) is 5.32 Å². The molecular formula is C12H18N2O. The summed E-state index contributed by atoms with van der Waals surface area (Å²) in [6.07, 6.45) is 3.90. The minimum absolute atomic E-state index is 0.300. The third-order valence-corrected chi connectivity index (χ3v) is 3.19. The van der Waals surface area contributed by atoms with E-state index >= 15 is 0 Å². The molecule has 1 unspecified atom stereocenters. The van der Waals surface area contributed by atoms with E-state index in [-0.39, 0.29) is 0 Å². The minimum Gasteiger partial charge on any atom is -0.508 e. The standard InChI is InChI=1S/C12H18N2O/c13-8-12(9-2-1-3-9)14-10-4-6-11(15)7-5-10/h4-7,9,12,14-15H,1-3,8,13H2. The van der Waals surface area contributed by atoms with E-state index in [0.717, 1.165) is 11.6 Å². The predicted octanol–water partition coefficient (Wildman–Crippen LogP) is 1.93. The van der Waals surface area contributed by atoms with Gasteiger partial charge in [-0.1, -0.05) is 6.42 Å². The van der Waals surface area contributed by atoms with Crippen LogP contribution in [-0.4, -0.2) is 17.7 Å². The molecule has 0 amide bonds. The highest BCUT2D eigenvalue weighted by Crippen LogP contribution is 2.31. The van der Waals surface area contributed by atoms with Gasteiger partial charge >= 0.3 is 0 Å². The van der Waals surface area contributed by atoms with Gasteiger partial charge in [0.05, 0.1) is 0 Å². The van der Waals surface area contributed by atoms with Gasteiger partial charge in [0.2, 0.25) is 0 Å². The fourth-order valence-corrected chi connectivity index (χ4v) is 1.98. The second-order valence-electron chi connectivity index (χ2n) is 4.22. The molecule has 1 saturated carbocycles. The summed E-state index contributed by atoms with van der Waals surface area (Å²) in [6, 6.07) is 7.53. The first-order chi connectivity index (χ1) is 7.29. The Morgan fingerprint density at radius 2 is 2.00 bits per heavy atom. The Morgan fingerprint density at radius 3 is 2.47 bits per heavy atom. The molecule has 1 aromatic rings. The average Bonchev–Trinajstić information content (AvgIpc) is 2.17. The maximum absolute atomic E-state index is 9.16. The van der Waals surface area contributed by atoms with E-state index in [0.29, 0.717) is 18.3 Å². The van der Waals surface area contributed by atoms with Gasteiger partial charge in [0.15, 0.2) is 0 Å². The monoisotopic (exact) mass is 206 g/mol. The molecule has 0 aliphatic heterocycles. The zero-order chi connectivity index (χ0) is 10.7. The van der Waals surface area contributed by atoms with Crippen LogP contribution in [0.2, 0.25) is 0 Å². The van der Waals surface area contributed by atoms with E-state index < -0.39 is 0 Å². The molecule has 4 N–H and O–H groups in total. The number of anilines is 1. The van der Waals surface area contributed by atoms with E-state index in [1.54, 1.807) is 12.1 Å². The van der Waals surface area contributed by atoms with Crippen LogP contribution in [0.5, 0.6) is 5.75 Å². The Kier molecular flexibility index (Phi) is 3.11. The third-order valence-electron chi connectivity index (χ3n) is 3.19. The molecule has 1 fully saturated rings. The number of rotatable bonds is 4. The van der Waals surface area contributed by atoms with Crippen LogP contribution in [0.4, 0.5) is 5.69 Å². The molecule has 0 aromatic heterocycles. The molecule has 1 aliphatic rings. The fourth-order valence-electron chi connectivity index (χ4n) is 1.98. The Bertz CT molecular complexity index is 306. The second kappa shape index (κ2) is 4.53. The van der Waals surface area contributed by atoms with Gasteiger partial charge in [0, 0.05) is 18.3 Å². The van der Waals surface area contributed by atoms with E-state index in [4.69, 9.17) is 10.8 Å². The molecule has 0 bridgehead atoms. The van der Waals surface area contributed by atoms with Crippen LogP contribution in [0.25, 0.3) is 0 Å². The van der Waals surface area contributed by atoms with Crippen molar-refractivity contribution in [3.63, 3.8) is 0 Å². The lowest BCUT2D eigenvalue weighted by atomic mass is 9.79. The van der Waals surface area contributed by atoms with Crippen molar-refractivity contribution in [2.45, 2.75) is 25.3 Å². The van der Waals surface area contributed by atoms with E-state index in [9.17, 15) is 0 Å². The van der Waals surface area contributed by atoms with Crippen molar-refractivity contribution < 1.29 is 5.11 Å². The normalized spacial score (nSPS) is 18.2. The number of nitrogens with two attached hydrogens (primary N) is 1. The zero-order valence-corrected chi connectivity index (χ0v) is 8.82. The van der Waals surface area contributed by atoms with Crippen molar-refractivity contribution >= 4 is 5.69 Å². The Labute approximate surface area is 90.3 Å². The second-order valence-corrected chi connectivity index (χ2v) is 4.22. The van der Waals surface area contributed by atoms with Crippen molar-refractivity contribution in [2.75, 3.05) is 11.9 Å². The average molecular weight is 206 g/mol. The molecule has 15 heavy (non-hydrogen) atoms. The van der Waals surface area contributed by atoms with Crippen LogP contribution in [-0.2, 0) is 0 Å². The molecule has 1 atom stereocenters. The number of benzene rings is 1. The number of hydrogen-bond donors (Lipinski definition) is 3. The van der Waals surface area contributed by atoms with Gasteiger partial charge in [0.1, 0.15) is 5.75 Å². The molecule has 0 saturated heterocycles. The minimum atomic E-state index is 0.300. The highest BCUT2D eigenvalue weighted by molar-refractivity contribution is 5.47. The van der Waals surface area contributed by atoms with Crippen LogP contribution in [0.15, 0.2) is 24.3 Å². The Hall–Kier alpha value is -1.22. The lowest BCUT2D eigenvalue weighted by Gasteiger charge is -2.34. The summed E-state index contributed by atoms with van der Waals surface area (Å²) in [6.45, 7) is 0.672. The number of aromatic hydroxyl groups is 1. The first-order valence-electron chi connectivity index (χ1n) is 5.55. The summed E-state index contributed by atoms with van der Waals surface area (Å²) >= 11 is 0. The topological polar surface area (TPSA) is 58.3 Å². The third kappa shape index (κ3) is 2.42. The molecule has 0 radical (unpaired) electrons. The van der Waals surface area contributed by atoms with E-state index in [1.165, 1.54) is 19.3 Å². The number of phenolic OH excluding ortho intramolecular Hbond substituents is 1. The van der Waals surface area contributed by atoms with Crippen LogP contribution in [0.1, 0.15) is 19.3 Å². The molecule has 1 aliphatic carbocycles. The highest BCUT2D eigenvalue weighted by Gasteiger charge is 2.25. The molecular weight excluding hydrogens is 188 g/mol. The van der Waals surface area contributed by atoms with Crippen molar-refractivity contribution in [2.24, 2.45) is 11.7 Å². The maximum Gasteiger partial charge on any atom is 0.115 e. The van der Waals surface area contributed by atoms with Gasteiger partial charge in [-0.25, -0.2) is 0 Å². The van der Waals surface area contributed by atoms with Crippen LogP contribution in [0, 0.1) is 5.92 Å². The molecule has 82 valence electrons. The first-order valence-corrected chi connectivity index (χ1v) is 5.55. The Morgan fingerprint density at radius 1 is 1.33 bits per heavy atom. The lowest BCUT2D eigenvalue weighted by molar-refractivity contribution is 0.277. The van der Waals surface area contributed by atoms with Crippen molar-refractivity contribution in [3.8, 4) is 5.75 Å². The van der Waals surface area contributed by atoms with Crippen molar-refractivity contribution in [3.05, 3.63) is 24.3 Å². The molecule has 2 rings (SSSR count). The van der Waals surface area contributed by atoms with Gasteiger partial charge in [-0.15, -0.1) is 0 Å². The first kappa shape index (κ1) is 10.3. The Balaban J connectivity index is 1.96. The summed E-state index contributed by atoms with van der Waals surface area (Å²) < 4.78 is 0. The van der Waals surface area contributed by atoms with Gasteiger partial charge in [0.25, 0.3) is 0 Å². The van der Waals surface area contributed by atoms with Crippen molar-refractivity contribution in [1.82, 2.24) is 0 Å². The number of hydrogen-bond acceptors (Lipinski definition) is 3. The smallest absolute Gasteiger partial charge is 0.115 e. The largest absolute Gasteiger partial charge is 0.508 e.